The summed E-state index contributed by atoms with van der Waals surface area (Å²) in [6, 6.07) is 16.2. The maximum atomic E-state index is 12.6. The molecule has 3 aromatic carbocycles. The molecule has 0 unspecified atom stereocenters. The monoisotopic (exact) mass is 382 g/mol. The van der Waals surface area contributed by atoms with Crippen LogP contribution < -0.4 is 4.72 Å². The third kappa shape index (κ3) is 3.00. The Hall–Kier alpha value is -3.39. The van der Waals surface area contributed by atoms with Crippen molar-refractivity contribution in [3.63, 3.8) is 0 Å². The number of nitrogens with one attached hydrogen (secondary N) is 1. The van der Waals surface area contributed by atoms with Crippen LogP contribution in [0.2, 0.25) is 0 Å². The first-order valence-electron chi connectivity index (χ1n) is 8.06. The van der Waals surface area contributed by atoms with Crippen molar-refractivity contribution in [1.82, 2.24) is 0 Å². The Balaban J connectivity index is 1.66. The molecular formula is C19H14N2O5S. The van der Waals surface area contributed by atoms with Gasteiger partial charge in [0.2, 0.25) is 0 Å². The smallest absolute Gasteiger partial charge is 0.312 e. The van der Waals surface area contributed by atoms with Gasteiger partial charge in [0.1, 0.15) is 0 Å². The van der Waals surface area contributed by atoms with Crippen LogP contribution in [0.15, 0.2) is 65.6 Å². The summed E-state index contributed by atoms with van der Waals surface area (Å²) in [6.07, 6.45) is 0.714. The maximum absolute atomic E-state index is 12.6. The number of aromatic hydroxyl groups is 1. The highest BCUT2D eigenvalue weighted by atomic mass is 32.2. The van der Waals surface area contributed by atoms with Crippen LogP contribution in [0.1, 0.15) is 11.1 Å². The number of fused-ring (bicyclic) bond motifs is 3. The summed E-state index contributed by atoms with van der Waals surface area (Å²) in [5, 5.41) is 20.4. The summed E-state index contributed by atoms with van der Waals surface area (Å²) >= 11 is 0. The minimum atomic E-state index is -4.04. The van der Waals surface area contributed by atoms with E-state index in [9.17, 15) is 23.6 Å². The van der Waals surface area contributed by atoms with E-state index in [2.05, 4.69) is 4.72 Å². The average molecular weight is 382 g/mol. The topological polar surface area (TPSA) is 110 Å². The van der Waals surface area contributed by atoms with Crippen molar-refractivity contribution in [2.45, 2.75) is 11.3 Å². The van der Waals surface area contributed by atoms with Crippen LogP contribution in [-0.4, -0.2) is 18.4 Å². The highest BCUT2D eigenvalue weighted by Crippen LogP contribution is 2.38. The van der Waals surface area contributed by atoms with Crippen LogP contribution >= 0.6 is 0 Å². The summed E-state index contributed by atoms with van der Waals surface area (Å²) < 4.78 is 27.6. The number of nitro groups is 1. The highest BCUT2D eigenvalue weighted by molar-refractivity contribution is 7.92. The summed E-state index contributed by atoms with van der Waals surface area (Å²) in [5.41, 5.74) is 4.10. The zero-order chi connectivity index (χ0) is 19.2. The van der Waals surface area contributed by atoms with E-state index in [0.29, 0.717) is 12.1 Å². The van der Waals surface area contributed by atoms with Crippen molar-refractivity contribution in [2.24, 2.45) is 0 Å². The van der Waals surface area contributed by atoms with Gasteiger partial charge in [-0.05, 0) is 52.9 Å². The molecular weight excluding hydrogens is 368 g/mol. The van der Waals surface area contributed by atoms with Crippen LogP contribution in [-0.2, 0) is 16.4 Å². The van der Waals surface area contributed by atoms with Crippen LogP contribution in [0.25, 0.3) is 11.1 Å². The van der Waals surface area contributed by atoms with E-state index in [4.69, 9.17) is 0 Å². The summed E-state index contributed by atoms with van der Waals surface area (Å²) in [7, 11) is -4.04. The third-order valence-electron chi connectivity index (χ3n) is 4.50. The van der Waals surface area contributed by atoms with E-state index in [1.807, 2.05) is 30.3 Å². The molecule has 0 bridgehead atoms. The van der Waals surface area contributed by atoms with Crippen molar-refractivity contribution >= 4 is 21.4 Å². The molecule has 3 aromatic rings. The number of rotatable bonds is 4. The molecule has 0 heterocycles. The molecule has 0 saturated heterocycles. The Morgan fingerprint density at radius 3 is 2.48 bits per heavy atom. The lowest BCUT2D eigenvalue weighted by atomic mass is 10.1. The fourth-order valence-corrected chi connectivity index (χ4v) is 4.31. The lowest BCUT2D eigenvalue weighted by molar-refractivity contribution is -0.386. The molecule has 0 radical (unpaired) electrons. The number of benzene rings is 3. The number of nitrogens with zero attached hydrogens (tertiary/aromatic N) is 1. The Labute approximate surface area is 155 Å². The predicted molar refractivity (Wildman–Crippen MR) is 100 cm³/mol. The van der Waals surface area contributed by atoms with E-state index in [-0.39, 0.29) is 4.90 Å². The Bertz CT molecular complexity index is 1190. The number of nitro benzene ring substituents is 1. The normalized spacial score (nSPS) is 12.3. The lowest BCUT2D eigenvalue weighted by Gasteiger charge is -2.10. The molecule has 0 saturated carbocycles. The van der Waals surface area contributed by atoms with Gasteiger partial charge in [-0.2, -0.15) is 0 Å². The highest BCUT2D eigenvalue weighted by Gasteiger charge is 2.23. The van der Waals surface area contributed by atoms with Gasteiger partial charge in [-0.15, -0.1) is 0 Å². The summed E-state index contributed by atoms with van der Waals surface area (Å²) in [5.74, 6) is -0.589. The molecule has 0 spiro atoms. The second-order valence-electron chi connectivity index (χ2n) is 6.22. The van der Waals surface area contributed by atoms with Crippen LogP contribution in [0.3, 0.4) is 0 Å². The van der Waals surface area contributed by atoms with Gasteiger partial charge >= 0.3 is 5.69 Å². The molecule has 0 amide bonds. The standard InChI is InChI=1S/C19H14N2O5S/c22-19-8-6-15(11-18(19)21(23)24)27(25,26)20-14-5-7-17-13(10-14)9-12-3-1-2-4-16(12)17/h1-8,10-11,20,22H,9H2. The van der Waals surface area contributed by atoms with Gasteiger partial charge < -0.3 is 5.11 Å². The third-order valence-corrected chi connectivity index (χ3v) is 5.88. The van der Waals surface area contributed by atoms with Gasteiger partial charge in [0.15, 0.2) is 5.75 Å². The molecule has 27 heavy (non-hydrogen) atoms. The van der Waals surface area contributed by atoms with Crippen molar-refractivity contribution in [3.05, 3.63) is 81.9 Å². The van der Waals surface area contributed by atoms with E-state index in [0.717, 1.165) is 34.9 Å². The van der Waals surface area contributed by atoms with Gasteiger partial charge in [-0.1, -0.05) is 30.3 Å². The number of anilines is 1. The number of hydrogen-bond acceptors (Lipinski definition) is 5. The largest absolute Gasteiger partial charge is 0.502 e. The van der Waals surface area contributed by atoms with Crippen molar-refractivity contribution < 1.29 is 18.4 Å². The van der Waals surface area contributed by atoms with Gasteiger partial charge in [0.05, 0.1) is 9.82 Å². The fourth-order valence-electron chi connectivity index (χ4n) is 3.24. The molecule has 136 valence electrons. The molecule has 0 fully saturated rings. The first-order chi connectivity index (χ1) is 12.8. The predicted octanol–water partition coefficient (Wildman–Crippen LogP) is 3.67. The second-order valence-corrected chi connectivity index (χ2v) is 7.90. The van der Waals surface area contributed by atoms with Crippen LogP contribution in [0.4, 0.5) is 11.4 Å². The van der Waals surface area contributed by atoms with Crippen molar-refractivity contribution in [2.75, 3.05) is 4.72 Å². The van der Waals surface area contributed by atoms with E-state index in [1.165, 1.54) is 5.56 Å². The Morgan fingerprint density at radius 1 is 0.963 bits per heavy atom. The van der Waals surface area contributed by atoms with Gasteiger partial charge in [-0.3, -0.25) is 14.8 Å². The first kappa shape index (κ1) is 17.0. The number of hydrogen-bond donors (Lipinski definition) is 2. The zero-order valence-corrected chi connectivity index (χ0v) is 14.7. The summed E-state index contributed by atoms with van der Waals surface area (Å²) in [6.45, 7) is 0. The van der Waals surface area contributed by atoms with Crippen LogP contribution in [0, 0.1) is 10.1 Å². The first-order valence-corrected chi connectivity index (χ1v) is 9.55. The van der Waals surface area contributed by atoms with Crippen molar-refractivity contribution in [3.8, 4) is 16.9 Å². The second kappa shape index (κ2) is 6.10. The molecule has 1 aliphatic carbocycles. The fraction of sp³-hybridized carbons (Fsp3) is 0.0526. The molecule has 8 heteroatoms. The van der Waals surface area contributed by atoms with Gasteiger partial charge in [0, 0.05) is 11.8 Å². The van der Waals surface area contributed by atoms with E-state index < -0.39 is 26.4 Å². The van der Waals surface area contributed by atoms with Gasteiger partial charge in [-0.25, -0.2) is 8.42 Å². The molecule has 7 nitrogen and oxygen atoms in total. The molecule has 0 aliphatic heterocycles. The lowest BCUT2D eigenvalue weighted by Crippen LogP contribution is -2.13. The number of phenolic OH excluding ortho intramolecular Hbond substituents is 1. The van der Waals surface area contributed by atoms with Crippen molar-refractivity contribution in [1.29, 1.82) is 0 Å². The Kier molecular flexibility index (Phi) is 3.85. The maximum Gasteiger partial charge on any atom is 0.312 e. The minimum Gasteiger partial charge on any atom is -0.502 e. The number of sulfonamides is 1. The number of phenols is 1. The SMILES string of the molecule is O=[N+]([O-])c1cc(S(=O)(=O)Nc2ccc3c(c2)Cc2ccccc2-3)ccc1O. The Morgan fingerprint density at radius 2 is 1.70 bits per heavy atom. The average Bonchev–Trinajstić information content (AvgIpc) is 2.99. The quantitative estimate of drug-likeness (QED) is 0.413. The van der Waals surface area contributed by atoms with Crippen LogP contribution in [0.5, 0.6) is 5.75 Å². The van der Waals surface area contributed by atoms with Gasteiger partial charge in [0.25, 0.3) is 10.0 Å². The van der Waals surface area contributed by atoms with E-state index >= 15 is 0 Å². The minimum absolute atomic E-state index is 0.296. The molecule has 0 aromatic heterocycles. The van der Waals surface area contributed by atoms with E-state index in [1.54, 1.807) is 12.1 Å². The zero-order valence-electron chi connectivity index (χ0n) is 13.9. The molecule has 2 N–H and O–H groups in total. The molecule has 1 aliphatic rings. The molecule has 0 atom stereocenters. The molecule has 4 rings (SSSR count). The summed E-state index contributed by atoms with van der Waals surface area (Å²) in [4.78, 5) is 9.80.